The molecule has 0 bridgehead atoms. The number of carbonyl (C=O) groups excluding carboxylic acids is 1. The van der Waals surface area contributed by atoms with Crippen molar-refractivity contribution in [2.75, 3.05) is 13.1 Å². The molecule has 0 spiro atoms. The summed E-state index contributed by atoms with van der Waals surface area (Å²) < 4.78 is 18.3. The molecule has 1 saturated heterocycles. The Morgan fingerprint density at radius 2 is 1.87 bits per heavy atom. The summed E-state index contributed by atoms with van der Waals surface area (Å²) >= 11 is 0. The Balaban J connectivity index is 1.60. The van der Waals surface area contributed by atoms with E-state index in [1.165, 1.54) is 17.0 Å². The van der Waals surface area contributed by atoms with Crippen LogP contribution in [-0.4, -0.2) is 29.2 Å². The number of halogens is 1. The highest BCUT2D eigenvalue weighted by molar-refractivity contribution is 5.68. The number of benzene rings is 2. The lowest BCUT2D eigenvalue weighted by Crippen LogP contribution is -2.34. The molecule has 1 N–H and O–H groups in total. The summed E-state index contributed by atoms with van der Waals surface area (Å²) in [4.78, 5) is 13.6. The van der Waals surface area contributed by atoms with Crippen molar-refractivity contribution in [3.05, 3.63) is 71.5 Å². The lowest BCUT2D eigenvalue weighted by molar-refractivity contribution is 0.0407. The van der Waals surface area contributed by atoms with Gasteiger partial charge >= 0.3 is 6.09 Å². The molecule has 3 rings (SSSR count). The molecular weight excluding hydrogens is 297 g/mol. The Morgan fingerprint density at radius 3 is 2.57 bits per heavy atom. The molecule has 0 saturated carbocycles. The van der Waals surface area contributed by atoms with Gasteiger partial charge in [0.05, 0.1) is 6.54 Å². The van der Waals surface area contributed by atoms with E-state index >= 15 is 0 Å². The van der Waals surface area contributed by atoms with Gasteiger partial charge in [0.2, 0.25) is 0 Å². The highest BCUT2D eigenvalue weighted by Crippen LogP contribution is 2.32. The van der Waals surface area contributed by atoms with Crippen LogP contribution in [0.1, 0.15) is 17.5 Å². The number of hydrogen-bond acceptors (Lipinski definition) is 3. The summed E-state index contributed by atoms with van der Waals surface area (Å²) in [5, 5.41) is 10.7. The average molecular weight is 315 g/mol. The Labute approximate surface area is 134 Å². The van der Waals surface area contributed by atoms with Crippen molar-refractivity contribution < 1.29 is 19.0 Å². The van der Waals surface area contributed by atoms with Crippen molar-refractivity contribution in [1.82, 2.24) is 4.90 Å². The second-order valence-electron chi connectivity index (χ2n) is 5.75. The van der Waals surface area contributed by atoms with Crippen LogP contribution in [0, 0.1) is 5.82 Å². The summed E-state index contributed by atoms with van der Waals surface area (Å²) in [5.74, 6) is -0.352. The SMILES string of the molecule is O=C(OCc1ccccc1)N1CCC(O)(c2ccc(F)cc2)C1. The van der Waals surface area contributed by atoms with Gasteiger partial charge in [0.15, 0.2) is 0 Å². The van der Waals surface area contributed by atoms with E-state index in [9.17, 15) is 14.3 Å². The second-order valence-corrected chi connectivity index (χ2v) is 5.75. The number of aliphatic hydroxyl groups is 1. The van der Waals surface area contributed by atoms with Crippen LogP contribution < -0.4 is 0 Å². The second kappa shape index (κ2) is 6.38. The molecule has 1 aliphatic rings. The van der Waals surface area contributed by atoms with E-state index in [4.69, 9.17) is 4.74 Å². The average Bonchev–Trinajstić information content (AvgIpc) is 2.98. The van der Waals surface area contributed by atoms with E-state index in [2.05, 4.69) is 0 Å². The number of nitrogens with zero attached hydrogens (tertiary/aromatic N) is 1. The summed E-state index contributed by atoms with van der Waals surface area (Å²) in [6.45, 7) is 0.749. The summed E-state index contributed by atoms with van der Waals surface area (Å²) in [7, 11) is 0. The first-order valence-electron chi connectivity index (χ1n) is 7.51. The van der Waals surface area contributed by atoms with Crippen LogP contribution in [0.15, 0.2) is 54.6 Å². The fourth-order valence-electron chi connectivity index (χ4n) is 2.76. The van der Waals surface area contributed by atoms with E-state index < -0.39 is 11.7 Å². The van der Waals surface area contributed by atoms with Gasteiger partial charge in [-0.05, 0) is 29.7 Å². The third-order valence-electron chi connectivity index (χ3n) is 4.09. The highest BCUT2D eigenvalue weighted by Gasteiger charge is 2.40. The van der Waals surface area contributed by atoms with Crippen LogP contribution in [0.2, 0.25) is 0 Å². The van der Waals surface area contributed by atoms with Crippen molar-refractivity contribution in [3.63, 3.8) is 0 Å². The van der Waals surface area contributed by atoms with Gasteiger partial charge in [-0.2, -0.15) is 0 Å². The van der Waals surface area contributed by atoms with Crippen LogP contribution in [-0.2, 0) is 16.9 Å². The smallest absolute Gasteiger partial charge is 0.410 e. The molecule has 1 atom stereocenters. The van der Waals surface area contributed by atoms with Gasteiger partial charge in [-0.25, -0.2) is 9.18 Å². The molecule has 120 valence electrons. The monoisotopic (exact) mass is 315 g/mol. The Morgan fingerprint density at radius 1 is 1.17 bits per heavy atom. The lowest BCUT2D eigenvalue weighted by atomic mass is 9.93. The minimum atomic E-state index is -1.15. The molecule has 1 aliphatic heterocycles. The topological polar surface area (TPSA) is 49.8 Å². The number of hydrogen-bond donors (Lipinski definition) is 1. The fraction of sp³-hybridized carbons (Fsp3) is 0.278. The maximum absolute atomic E-state index is 13.0. The molecule has 1 amide bonds. The molecule has 1 fully saturated rings. The molecule has 0 aliphatic carbocycles. The Hall–Kier alpha value is -2.40. The van der Waals surface area contributed by atoms with Gasteiger partial charge in [0, 0.05) is 6.54 Å². The zero-order valence-corrected chi connectivity index (χ0v) is 12.6. The zero-order chi connectivity index (χ0) is 16.3. The van der Waals surface area contributed by atoms with Crippen LogP contribution in [0.25, 0.3) is 0 Å². The fourth-order valence-corrected chi connectivity index (χ4v) is 2.76. The number of amides is 1. The van der Waals surface area contributed by atoms with E-state index in [1.807, 2.05) is 30.3 Å². The van der Waals surface area contributed by atoms with Gasteiger partial charge in [0.25, 0.3) is 0 Å². The predicted octanol–water partition coefficient (Wildman–Crippen LogP) is 3.06. The molecule has 1 heterocycles. The summed E-state index contributed by atoms with van der Waals surface area (Å²) in [6, 6.07) is 15.1. The highest BCUT2D eigenvalue weighted by atomic mass is 19.1. The first-order valence-corrected chi connectivity index (χ1v) is 7.51. The summed E-state index contributed by atoms with van der Waals surface area (Å²) in [5.41, 5.74) is 0.366. The molecule has 0 aromatic heterocycles. The lowest BCUT2D eigenvalue weighted by Gasteiger charge is -2.23. The number of rotatable bonds is 3. The largest absolute Gasteiger partial charge is 0.445 e. The molecule has 1 unspecified atom stereocenters. The number of carbonyl (C=O) groups is 1. The maximum Gasteiger partial charge on any atom is 0.410 e. The molecule has 23 heavy (non-hydrogen) atoms. The van der Waals surface area contributed by atoms with Crippen molar-refractivity contribution in [1.29, 1.82) is 0 Å². The van der Waals surface area contributed by atoms with Crippen molar-refractivity contribution in [2.24, 2.45) is 0 Å². The quantitative estimate of drug-likeness (QED) is 0.947. The van der Waals surface area contributed by atoms with Crippen LogP contribution in [0.5, 0.6) is 0 Å². The standard InChI is InChI=1S/C18H18FNO3/c19-16-8-6-15(7-9-16)18(22)10-11-20(13-18)17(21)23-12-14-4-2-1-3-5-14/h1-9,22H,10-13H2. The Kier molecular flexibility index (Phi) is 4.30. The minimum absolute atomic E-state index is 0.145. The maximum atomic E-state index is 13.0. The van der Waals surface area contributed by atoms with Gasteiger partial charge in [-0.3, -0.25) is 0 Å². The predicted molar refractivity (Wildman–Crippen MR) is 83.1 cm³/mol. The third kappa shape index (κ3) is 3.51. The van der Waals surface area contributed by atoms with Crippen LogP contribution in [0.3, 0.4) is 0 Å². The van der Waals surface area contributed by atoms with Crippen LogP contribution >= 0.6 is 0 Å². The van der Waals surface area contributed by atoms with Crippen molar-refractivity contribution in [2.45, 2.75) is 18.6 Å². The normalized spacial score (nSPS) is 20.5. The summed E-state index contributed by atoms with van der Waals surface area (Å²) in [6.07, 6.45) is -0.0501. The first kappa shape index (κ1) is 15.5. The molecule has 0 radical (unpaired) electrons. The molecule has 2 aromatic carbocycles. The van der Waals surface area contributed by atoms with E-state index in [0.29, 0.717) is 18.5 Å². The molecule has 4 nitrogen and oxygen atoms in total. The van der Waals surface area contributed by atoms with Gasteiger partial charge in [-0.15, -0.1) is 0 Å². The first-order chi connectivity index (χ1) is 11.1. The zero-order valence-electron chi connectivity index (χ0n) is 12.6. The van der Waals surface area contributed by atoms with Gasteiger partial charge < -0.3 is 14.7 Å². The minimum Gasteiger partial charge on any atom is -0.445 e. The van der Waals surface area contributed by atoms with Crippen molar-refractivity contribution >= 4 is 6.09 Å². The van der Waals surface area contributed by atoms with Gasteiger partial charge in [-0.1, -0.05) is 42.5 Å². The van der Waals surface area contributed by atoms with Gasteiger partial charge in [0.1, 0.15) is 18.0 Å². The molecular formula is C18H18FNO3. The van der Waals surface area contributed by atoms with E-state index in [0.717, 1.165) is 5.56 Å². The Bertz CT molecular complexity index is 674. The molecule has 2 aromatic rings. The molecule has 5 heteroatoms. The van der Waals surface area contributed by atoms with E-state index in [-0.39, 0.29) is 19.0 Å². The third-order valence-corrected chi connectivity index (χ3v) is 4.09. The van der Waals surface area contributed by atoms with Crippen LogP contribution in [0.4, 0.5) is 9.18 Å². The van der Waals surface area contributed by atoms with Crippen molar-refractivity contribution in [3.8, 4) is 0 Å². The van der Waals surface area contributed by atoms with E-state index in [1.54, 1.807) is 12.1 Å². The number of ether oxygens (including phenoxy) is 1. The number of likely N-dealkylation sites (tertiary alicyclic amines) is 1. The number of β-amino-alcohol motifs (C(OH)–C–C–N with tert-alkyl or cyclic N) is 1.